The van der Waals surface area contributed by atoms with Crippen molar-refractivity contribution >= 4 is 11.9 Å². The Kier molecular flexibility index (Phi) is 6.70. The molecule has 0 saturated heterocycles. The Bertz CT molecular complexity index is 445. The highest BCUT2D eigenvalue weighted by Gasteiger charge is 2.11. The topological polar surface area (TPSA) is 66.4 Å². The second-order valence-corrected chi connectivity index (χ2v) is 4.86. The molecule has 20 heavy (non-hydrogen) atoms. The van der Waals surface area contributed by atoms with Gasteiger partial charge in [-0.25, -0.2) is 4.39 Å². The number of hydrogen-bond acceptors (Lipinski definition) is 2. The van der Waals surface area contributed by atoms with Gasteiger partial charge in [-0.3, -0.25) is 9.59 Å². The molecule has 0 heterocycles. The fourth-order valence-corrected chi connectivity index (χ4v) is 1.89. The normalized spacial score (nSPS) is 11.9. The van der Waals surface area contributed by atoms with Gasteiger partial charge in [0.05, 0.1) is 0 Å². The summed E-state index contributed by atoms with van der Waals surface area (Å²) < 4.78 is 12.8. The Morgan fingerprint density at radius 3 is 2.50 bits per heavy atom. The van der Waals surface area contributed by atoms with Gasteiger partial charge in [0.2, 0.25) is 5.91 Å². The van der Waals surface area contributed by atoms with E-state index >= 15 is 0 Å². The molecule has 0 spiro atoms. The smallest absolute Gasteiger partial charge is 0.303 e. The number of carboxylic acid groups (broad SMARTS) is 1. The van der Waals surface area contributed by atoms with Crippen LogP contribution in [0.3, 0.4) is 0 Å². The van der Waals surface area contributed by atoms with Crippen LogP contribution in [0.25, 0.3) is 0 Å². The molecule has 0 bridgehead atoms. The zero-order valence-electron chi connectivity index (χ0n) is 11.6. The molecule has 1 aromatic carbocycles. The number of halogens is 1. The first kappa shape index (κ1) is 16.1. The Hall–Kier alpha value is -1.91. The SMILES string of the molecule is CC(CC(=O)NCCCCC(=O)O)c1ccc(F)cc1. The number of carboxylic acids is 1. The van der Waals surface area contributed by atoms with Crippen molar-refractivity contribution in [2.45, 2.75) is 38.5 Å². The summed E-state index contributed by atoms with van der Waals surface area (Å²) in [4.78, 5) is 22.0. The van der Waals surface area contributed by atoms with Crippen molar-refractivity contribution in [3.05, 3.63) is 35.6 Å². The number of amides is 1. The van der Waals surface area contributed by atoms with Gasteiger partial charge < -0.3 is 10.4 Å². The van der Waals surface area contributed by atoms with E-state index in [9.17, 15) is 14.0 Å². The molecular weight excluding hydrogens is 261 g/mol. The van der Waals surface area contributed by atoms with Gasteiger partial charge >= 0.3 is 5.97 Å². The number of benzene rings is 1. The van der Waals surface area contributed by atoms with Crippen LogP contribution in [0, 0.1) is 5.82 Å². The average molecular weight is 281 g/mol. The summed E-state index contributed by atoms with van der Waals surface area (Å²) in [7, 11) is 0. The highest BCUT2D eigenvalue weighted by atomic mass is 19.1. The first-order valence-electron chi connectivity index (χ1n) is 6.73. The molecule has 0 aromatic heterocycles. The van der Waals surface area contributed by atoms with Crippen molar-refractivity contribution in [1.29, 1.82) is 0 Å². The maximum atomic E-state index is 12.8. The van der Waals surface area contributed by atoms with E-state index in [0.717, 1.165) is 5.56 Å². The molecule has 110 valence electrons. The zero-order chi connectivity index (χ0) is 15.0. The van der Waals surface area contributed by atoms with E-state index < -0.39 is 5.97 Å². The minimum Gasteiger partial charge on any atom is -0.481 e. The third-order valence-electron chi connectivity index (χ3n) is 3.07. The lowest BCUT2D eigenvalue weighted by Crippen LogP contribution is -2.25. The molecule has 0 aliphatic heterocycles. The van der Waals surface area contributed by atoms with Crippen molar-refractivity contribution in [3.8, 4) is 0 Å². The van der Waals surface area contributed by atoms with E-state index in [0.29, 0.717) is 25.8 Å². The maximum absolute atomic E-state index is 12.8. The van der Waals surface area contributed by atoms with Gasteiger partial charge in [0.25, 0.3) is 0 Å². The number of hydrogen-bond donors (Lipinski definition) is 2. The highest BCUT2D eigenvalue weighted by Crippen LogP contribution is 2.18. The summed E-state index contributed by atoms with van der Waals surface area (Å²) in [6.45, 7) is 2.40. The molecule has 0 aliphatic rings. The molecule has 0 aliphatic carbocycles. The van der Waals surface area contributed by atoms with Crippen LogP contribution in [-0.2, 0) is 9.59 Å². The lowest BCUT2D eigenvalue weighted by molar-refractivity contribution is -0.137. The first-order chi connectivity index (χ1) is 9.49. The number of nitrogens with one attached hydrogen (secondary N) is 1. The molecule has 1 amide bonds. The maximum Gasteiger partial charge on any atom is 0.303 e. The van der Waals surface area contributed by atoms with Crippen LogP contribution < -0.4 is 5.32 Å². The summed E-state index contributed by atoms with van der Waals surface area (Å²) in [5.74, 6) is -1.16. The van der Waals surface area contributed by atoms with Crippen LogP contribution in [-0.4, -0.2) is 23.5 Å². The van der Waals surface area contributed by atoms with E-state index in [1.807, 2.05) is 6.92 Å². The van der Waals surface area contributed by atoms with Crippen LogP contribution in [0.5, 0.6) is 0 Å². The van der Waals surface area contributed by atoms with Gasteiger partial charge in [-0.2, -0.15) is 0 Å². The molecule has 4 nitrogen and oxygen atoms in total. The molecule has 0 fully saturated rings. The van der Waals surface area contributed by atoms with Crippen molar-refractivity contribution in [1.82, 2.24) is 5.32 Å². The largest absolute Gasteiger partial charge is 0.481 e. The second-order valence-electron chi connectivity index (χ2n) is 4.86. The van der Waals surface area contributed by atoms with E-state index in [-0.39, 0.29) is 24.1 Å². The number of aliphatic carboxylic acids is 1. The monoisotopic (exact) mass is 281 g/mol. The van der Waals surface area contributed by atoms with Crippen LogP contribution in [0.2, 0.25) is 0 Å². The quantitative estimate of drug-likeness (QED) is 0.720. The average Bonchev–Trinajstić information content (AvgIpc) is 2.38. The van der Waals surface area contributed by atoms with Crippen molar-refractivity contribution in [3.63, 3.8) is 0 Å². The van der Waals surface area contributed by atoms with Gasteiger partial charge in [0, 0.05) is 19.4 Å². The number of rotatable bonds is 8. The van der Waals surface area contributed by atoms with E-state index in [1.54, 1.807) is 12.1 Å². The Balaban J connectivity index is 2.24. The summed E-state index contributed by atoms with van der Waals surface area (Å²) >= 11 is 0. The van der Waals surface area contributed by atoms with Crippen LogP contribution in [0.4, 0.5) is 4.39 Å². The standard InChI is InChI=1S/C15H20FNO3/c1-11(12-5-7-13(16)8-6-12)10-14(18)17-9-3-2-4-15(19)20/h5-8,11H,2-4,9-10H2,1H3,(H,17,18)(H,19,20). The summed E-state index contributed by atoms with van der Waals surface area (Å²) in [6.07, 6.45) is 1.68. The summed E-state index contributed by atoms with van der Waals surface area (Å²) in [6, 6.07) is 6.13. The number of unbranched alkanes of at least 4 members (excludes halogenated alkanes) is 1. The fraction of sp³-hybridized carbons (Fsp3) is 0.467. The predicted octanol–water partition coefficient (Wildman–Crippen LogP) is 2.69. The van der Waals surface area contributed by atoms with Crippen molar-refractivity contribution in [2.24, 2.45) is 0 Å². The third-order valence-corrected chi connectivity index (χ3v) is 3.07. The lowest BCUT2D eigenvalue weighted by atomic mass is 9.97. The van der Waals surface area contributed by atoms with Crippen LogP contribution in [0.15, 0.2) is 24.3 Å². The molecule has 1 aromatic rings. The minimum absolute atomic E-state index is 0.0228. The molecule has 0 saturated carbocycles. The Labute approximate surface area is 118 Å². The number of carbonyl (C=O) groups is 2. The van der Waals surface area contributed by atoms with Gasteiger partial charge in [0.1, 0.15) is 5.82 Å². The third kappa shape index (κ3) is 6.31. The predicted molar refractivity (Wildman–Crippen MR) is 73.9 cm³/mol. The second kappa shape index (κ2) is 8.30. The molecule has 5 heteroatoms. The van der Waals surface area contributed by atoms with Gasteiger partial charge in [-0.05, 0) is 36.5 Å². The molecular formula is C15H20FNO3. The van der Waals surface area contributed by atoms with Crippen LogP contribution in [0.1, 0.15) is 44.1 Å². The minimum atomic E-state index is -0.818. The molecule has 1 atom stereocenters. The number of carbonyl (C=O) groups excluding carboxylic acids is 1. The molecule has 2 N–H and O–H groups in total. The van der Waals surface area contributed by atoms with Crippen molar-refractivity contribution in [2.75, 3.05) is 6.54 Å². The fourth-order valence-electron chi connectivity index (χ4n) is 1.89. The van der Waals surface area contributed by atoms with E-state index in [4.69, 9.17) is 5.11 Å². The highest BCUT2D eigenvalue weighted by molar-refractivity contribution is 5.76. The van der Waals surface area contributed by atoms with Crippen molar-refractivity contribution < 1.29 is 19.1 Å². The van der Waals surface area contributed by atoms with Gasteiger partial charge in [0.15, 0.2) is 0 Å². The Morgan fingerprint density at radius 2 is 1.90 bits per heavy atom. The summed E-state index contributed by atoms with van der Waals surface area (Å²) in [5, 5.41) is 11.2. The van der Waals surface area contributed by atoms with Crippen LogP contribution >= 0.6 is 0 Å². The zero-order valence-corrected chi connectivity index (χ0v) is 11.6. The van der Waals surface area contributed by atoms with E-state index in [1.165, 1.54) is 12.1 Å². The molecule has 0 radical (unpaired) electrons. The Morgan fingerprint density at radius 1 is 1.25 bits per heavy atom. The lowest BCUT2D eigenvalue weighted by Gasteiger charge is -2.12. The molecule has 1 rings (SSSR count). The molecule has 1 unspecified atom stereocenters. The summed E-state index contributed by atoms with van der Waals surface area (Å²) in [5.41, 5.74) is 0.924. The first-order valence-corrected chi connectivity index (χ1v) is 6.73. The van der Waals surface area contributed by atoms with E-state index in [2.05, 4.69) is 5.32 Å². The van der Waals surface area contributed by atoms with Gasteiger partial charge in [-0.15, -0.1) is 0 Å². The van der Waals surface area contributed by atoms with Gasteiger partial charge in [-0.1, -0.05) is 19.1 Å².